The summed E-state index contributed by atoms with van der Waals surface area (Å²) >= 11 is 0. The summed E-state index contributed by atoms with van der Waals surface area (Å²) in [4.78, 5) is 10.5. The summed E-state index contributed by atoms with van der Waals surface area (Å²) in [6.07, 6.45) is 5.92. The first kappa shape index (κ1) is 16.1. The van der Waals surface area contributed by atoms with Gasteiger partial charge < -0.3 is 5.11 Å². The monoisotopic (exact) mass is 210 g/mol. The van der Waals surface area contributed by atoms with Crippen molar-refractivity contribution in [2.75, 3.05) is 0 Å². The molecule has 0 aliphatic rings. The second-order valence-electron chi connectivity index (χ2n) is 3.28. The molecule has 0 spiro atoms. The smallest absolute Gasteiger partial charge is 0.331 e. The van der Waals surface area contributed by atoms with Gasteiger partial charge in [-0.25, -0.2) is 4.79 Å². The third-order valence-electron chi connectivity index (χ3n) is 1.67. The molecule has 2 heteroatoms. The van der Waals surface area contributed by atoms with Crippen LogP contribution in [0.3, 0.4) is 0 Å². The standard InChI is InChI=1S/C10H14O2.C3H8/c1-4-6-9(7-5-2)8(3)10(11)12;1-3-2/h4-5,9H,1-3,6-7H2,(H,11,12);3H2,1-2H3. The summed E-state index contributed by atoms with van der Waals surface area (Å²) in [5, 5.41) is 8.64. The van der Waals surface area contributed by atoms with Gasteiger partial charge in [-0.05, 0) is 18.8 Å². The van der Waals surface area contributed by atoms with Gasteiger partial charge >= 0.3 is 5.97 Å². The number of carbonyl (C=O) groups is 1. The molecular formula is C13H22O2. The van der Waals surface area contributed by atoms with Crippen molar-refractivity contribution in [2.24, 2.45) is 5.92 Å². The molecule has 0 fully saturated rings. The Morgan fingerprint density at radius 3 is 1.80 bits per heavy atom. The summed E-state index contributed by atoms with van der Waals surface area (Å²) in [7, 11) is 0. The minimum absolute atomic E-state index is 0.0579. The number of carboxylic acid groups (broad SMARTS) is 1. The van der Waals surface area contributed by atoms with Crippen molar-refractivity contribution >= 4 is 5.97 Å². The Morgan fingerprint density at radius 1 is 1.27 bits per heavy atom. The number of rotatable bonds is 6. The van der Waals surface area contributed by atoms with E-state index in [-0.39, 0.29) is 11.5 Å². The van der Waals surface area contributed by atoms with Gasteiger partial charge in [0.05, 0.1) is 0 Å². The lowest BCUT2D eigenvalue weighted by Gasteiger charge is -2.11. The second kappa shape index (κ2) is 10.8. The first-order chi connectivity index (χ1) is 7.04. The van der Waals surface area contributed by atoms with Crippen molar-refractivity contribution in [1.82, 2.24) is 0 Å². The maximum Gasteiger partial charge on any atom is 0.331 e. The van der Waals surface area contributed by atoms with Crippen molar-refractivity contribution in [3.05, 3.63) is 37.5 Å². The van der Waals surface area contributed by atoms with Crippen LogP contribution in [0.5, 0.6) is 0 Å². The fourth-order valence-electron chi connectivity index (χ4n) is 0.958. The lowest BCUT2D eigenvalue weighted by Crippen LogP contribution is -2.10. The normalized spacial score (nSPS) is 8.73. The highest BCUT2D eigenvalue weighted by Gasteiger charge is 2.14. The van der Waals surface area contributed by atoms with Gasteiger partial charge in [0.2, 0.25) is 0 Å². The summed E-state index contributed by atoms with van der Waals surface area (Å²) in [5.74, 6) is -0.999. The number of hydrogen-bond donors (Lipinski definition) is 1. The maximum absolute atomic E-state index is 10.5. The van der Waals surface area contributed by atoms with Gasteiger partial charge in [-0.15, -0.1) is 13.2 Å². The molecule has 0 aromatic heterocycles. The van der Waals surface area contributed by atoms with Crippen LogP contribution >= 0.6 is 0 Å². The highest BCUT2D eigenvalue weighted by molar-refractivity contribution is 5.86. The van der Waals surface area contributed by atoms with E-state index >= 15 is 0 Å². The zero-order valence-electron chi connectivity index (χ0n) is 9.83. The molecule has 0 aliphatic carbocycles. The van der Waals surface area contributed by atoms with E-state index in [9.17, 15) is 4.79 Å². The van der Waals surface area contributed by atoms with E-state index in [1.165, 1.54) is 6.42 Å². The first-order valence-corrected chi connectivity index (χ1v) is 5.18. The van der Waals surface area contributed by atoms with Crippen LogP contribution < -0.4 is 0 Å². The van der Waals surface area contributed by atoms with Crippen molar-refractivity contribution in [3.63, 3.8) is 0 Å². The molecular weight excluding hydrogens is 188 g/mol. The number of hydrogen-bond acceptors (Lipinski definition) is 1. The molecule has 2 nitrogen and oxygen atoms in total. The molecule has 0 bridgehead atoms. The zero-order chi connectivity index (χ0) is 12.3. The van der Waals surface area contributed by atoms with E-state index in [0.29, 0.717) is 12.8 Å². The molecule has 0 saturated heterocycles. The molecule has 0 aromatic rings. The Balaban J connectivity index is 0. The van der Waals surface area contributed by atoms with Gasteiger partial charge in [-0.3, -0.25) is 0 Å². The summed E-state index contributed by atoms with van der Waals surface area (Å²) in [6.45, 7) is 14.9. The van der Waals surface area contributed by atoms with E-state index in [2.05, 4.69) is 33.6 Å². The fourth-order valence-corrected chi connectivity index (χ4v) is 0.958. The molecule has 15 heavy (non-hydrogen) atoms. The van der Waals surface area contributed by atoms with E-state index < -0.39 is 5.97 Å². The van der Waals surface area contributed by atoms with Gasteiger partial charge in [0.1, 0.15) is 0 Å². The van der Waals surface area contributed by atoms with Gasteiger partial charge in [-0.1, -0.05) is 39.0 Å². The summed E-state index contributed by atoms with van der Waals surface area (Å²) in [6, 6.07) is 0. The van der Waals surface area contributed by atoms with Crippen LogP contribution in [0, 0.1) is 5.92 Å². The lowest BCUT2D eigenvalue weighted by molar-refractivity contribution is -0.133. The maximum atomic E-state index is 10.5. The van der Waals surface area contributed by atoms with E-state index in [1.54, 1.807) is 12.2 Å². The van der Waals surface area contributed by atoms with Crippen LogP contribution in [-0.4, -0.2) is 11.1 Å². The van der Waals surface area contributed by atoms with Crippen molar-refractivity contribution in [2.45, 2.75) is 33.1 Å². The molecule has 0 rings (SSSR count). The Labute approximate surface area is 93.0 Å². The van der Waals surface area contributed by atoms with Gasteiger partial charge in [-0.2, -0.15) is 0 Å². The molecule has 0 heterocycles. The molecule has 0 amide bonds. The number of aliphatic carboxylic acids is 1. The first-order valence-electron chi connectivity index (χ1n) is 5.18. The van der Waals surface area contributed by atoms with Crippen molar-refractivity contribution < 1.29 is 9.90 Å². The molecule has 0 aromatic carbocycles. The predicted molar refractivity (Wildman–Crippen MR) is 65.9 cm³/mol. The average molecular weight is 210 g/mol. The minimum Gasteiger partial charge on any atom is -0.478 e. The quantitative estimate of drug-likeness (QED) is 0.534. The van der Waals surface area contributed by atoms with Crippen LogP contribution in [-0.2, 0) is 4.79 Å². The second-order valence-corrected chi connectivity index (χ2v) is 3.28. The summed E-state index contributed by atoms with van der Waals surface area (Å²) in [5.41, 5.74) is 0.231. The van der Waals surface area contributed by atoms with Crippen LogP contribution in [0.4, 0.5) is 0 Å². The van der Waals surface area contributed by atoms with Gasteiger partial charge in [0, 0.05) is 5.57 Å². The number of carboxylic acids is 1. The van der Waals surface area contributed by atoms with E-state index in [1.807, 2.05) is 0 Å². The highest BCUT2D eigenvalue weighted by atomic mass is 16.4. The average Bonchev–Trinajstić information content (AvgIpc) is 2.17. The Morgan fingerprint density at radius 2 is 1.60 bits per heavy atom. The van der Waals surface area contributed by atoms with Crippen LogP contribution in [0.2, 0.25) is 0 Å². The molecule has 0 radical (unpaired) electrons. The van der Waals surface area contributed by atoms with E-state index in [4.69, 9.17) is 5.11 Å². The zero-order valence-corrected chi connectivity index (χ0v) is 9.83. The van der Waals surface area contributed by atoms with Crippen molar-refractivity contribution in [1.29, 1.82) is 0 Å². The minimum atomic E-state index is -0.941. The van der Waals surface area contributed by atoms with E-state index in [0.717, 1.165) is 0 Å². The number of allylic oxidation sites excluding steroid dienone is 2. The highest BCUT2D eigenvalue weighted by Crippen LogP contribution is 2.18. The summed E-state index contributed by atoms with van der Waals surface area (Å²) < 4.78 is 0. The molecule has 1 N–H and O–H groups in total. The predicted octanol–water partition coefficient (Wildman–Crippen LogP) is 3.81. The van der Waals surface area contributed by atoms with Gasteiger partial charge in [0.15, 0.2) is 0 Å². The van der Waals surface area contributed by atoms with Crippen molar-refractivity contribution in [3.8, 4) is 0 Å². The fraction of sp³-hybridized carbons (Fsp3) is 0.462. The van der Waals surface area contributed by atoms with Gasteiger partial charge in [0.25, 0.3) is 0 Å². The third-order valence-corrected chi connectivity index (χ3v) is 1.67. The Kier molecular flexibility index (Phi) is 11.6. The lowest BCUT2D eigenvalue weighted by atomic mass is 9.93. The molecule has 86 valence electrons. The largest absolute Gasteiger partial charge is 0.478 e. The molecule has 0 aliphatic heterocycles. The van der Waals surface area contributed by atoms with Crippen LogP contribution in [0.15, 0.2) is 37.5 Å². The molecule has 0 unspecified atom stereocenters. The van der Waals surface area contributed by atoms with Crippen LogP contribution in [0.1, 0.15) is 33.1 Å². The molecule has 0 atom stereocenters. The Bertz CT molecular complexity index is 207. The third kappa shape index (κ3) is 9.01. The Hall–Kier alpha value is -1.31. The topological polar surface area (TPSA) is 37.3 Å². The molecule has 0 saturated carbocycles. The van der Waals surface area contributed by atoms with Crippen LogP contribution in [0.25, 0.3) is 0 Å². The SMILES string of the molecule is C=CCC(CC=C)C(=C)C(=O)O.CCC.